The van der Waals surface area contributed by atoms with E-state index in [1.807, 2.05) is 6.07 Å². The first-order valence-electron chi connectivity index (χ1n) is 7.68. The number of hydrogen-bond donors (Lipinski definition) is 1. The standard InChI is InChI=1S/C18H16Cl2N2O3S/c19-15-5-4-14(17(20)11-15)12-26-10-9-21-18(23)8-3-13-1-6-16(7-2-13)22(24)25/h1-8,11H,9-10,12H2,(H,21,23). The molecule has 0 heterocycles. The highest BCUT2D eigenvalue weighted by Gasteiger charge is 2.03. The number of halogens is 2. The summed E-state index contributed by atoms with van der Waals surface area (Å²) >= 11 is 13.6. The number of nitrogens with zero attached hydrogens (tertiary/aromatic N) is 1. The van der Waals surface area contributed by atoms with Gasteiger partial charge in [0.25, 0.3) is 5.69 Å². The average molecular weight is 411 g/mol. The molecule has 0 aliphatic rings. The Morgan fingerprint density at radius 3 is 2.58 bits per heavy atom. The fourth-order valence-corrected chi connectivity index (χ4v) is 3.42. The van der Waals surface area contributed by atoms with Crippen molar-refractivity contribution < 1.29 is 9.72 Å². The molecular weight excluding hydrogens is 395 g/mol. The minimum Gasteiger partial charge on any atom is -0.352 e. The maximum absolute atomic E-state index is 11.8. The number of amides is 1. The average Bonchev–Trinajstić information content (AvgIpc) is 2.61. The Kier molecular flexibility index (Phi) is 7.97. The number of thioether (sulfide) groups is 1. The van der Waals surface area contributed by atoms with E-state index >= 15 is 0 Å². The van der Waals surface area contributed by atoms with E-state index in [1.165, 1.54) is 18.2 Å². The first kappa shape index (κ1) is 20.3. The van der Waals surface area contributed by atoms with Gasteiger partial charge in [0.1, 0.15) is 0 Å². The Hall–Kier alpha value is -2.02. The van der Waals surface area contributed by atoms with Crippen LogP contribution in [0.5, 0.6) is 0 Å². The van der Waals surface area contributed by atoms with Crippen LogP contribution in [0.3, 0.4) is 0 Å². The molecule has 136 valence electrons. The first-order valence-corrected chi connectivity index (χ1v) is 9.59. The van der Waals surface area contributed by atoms with Gasteiger partial charge in [-0.1, -0.05) is 29.3 Å². The van der Waals surface area contributed by atoms with Gasteiger partial charge in [-0.25, -0.2) is 0 Å². The highest BCUT2D eigenvalue weighted by Crippen LogP contribution is 2.24. The van der Waals surface area contributed by atoms with Crippen molar-refractivity contribution >= 4 is 52.6 Å². The molecule has 0 unspecified atom stereocenters. The molecule has 0 aromatic heterocycles. The zero-order chi connectivity index (χ0) is 18.9. The highest BCUT2D eigenvalue weighted by atomic mass is 35.5. The number of nitrogens with one attached hydrogen (secondary N) is 1. The molecule has 1 amide bonds. The molecule has 0 saturated carbocycles. The van der Waals surface area contributed by atoms with Gasteiger partial charge in [0.05, 0.1) is 4.92 Å². The fourth-order valence-electron chi connectivity index (χ4n) is 2.01. The fraction of sp³-hybridized carbons (Fsp3) is 0.167. The van der Waals surface area contributed by atoms with Crippen LogP contribution in [-0.2, 0) is 10.5 Å². The molecular formula is C18H16Cl2N2O3S. The van der Waals surface area contributed by atoms with Gasteiger partial charge in [0, 0.05) is 46.3 Å². The van der Waals surface area contributed by atoms with E-state index in [4.69, 9.17) is 23.2 Å². The van der Waals surface area contributed by atoms with Crippen molar-refractivity contribution in [2.75, 3.05) is 12.3 Å². The molecule has 2 aromatic rings. The summed E-state index contributed by atoms with van der Waals surface area (Å²) in [5.41, 5.74) is 1.74. The number of nitro benzene ring substituents is 1. The van der Waals surface area contributed by atoms with E-state index < -0.39 is 4.92 Å². The van der Waals surface area contributed by atoms with Gasteiger partial charge >= 0.3 is 0 Å². The van der Waals surface area contributed by atoms with Crippen LogP contribution < -0.4 is 5.32 Å². The Morgan fingerprint density at radius 1 is 1.19 bits per heavy atom. The van der Waals surface area contributed by atoms with Crippen LogP contribution >= 0.6 is 35.0 Å². The van der Waals surface area contributed by atoms with Crippen molar-refractivity contribution in [3.8, 4) is 0 Å². The number of nitro groups is 1. The summed E-state index contributed by atoms with van der Waals surface area (Å²) in [5.74, 6) is 1.27. The maximum atomic E-state index is 11.8. The third-order valence-corrected chi connectivity index (χ3v) is 4.94. The van der Waals surface area contributed by atoms with Crippen molar-refractivity contribution in [3.05, 3.63) is 79.8 Å². The van der Waals surface area contributed by atoms with Gasteiger partial charge in [0.2, 0.25) is 5.91 Å². The second-order valence-corrected chi connectivity index (χ2v) is 7.21. The van der Waals surface area contributed by atoms with Crippen LogP contribution in [0.1, 0.15) is 11.1 Å². The summed E-state index contributed by atoms with van der Waals surface area (Å²) in [4.78, 5) is 21.9. The van der Waals surface area contributed by atoms with Gasteiger partial charge in [0.15, 0.2) is 0 Å². The number of hydrogen-bond acceptors (Lipinski definition) is 4. The van der Waals surface area contributed by atoms with Gasteiger partial charge in [-0.05, 0) is 41.5 Å². The van der Waals surface area contributed by atoms with Crippen molar-refractivity contribution in [3.63, 3.8) is 0 Å². The van der Waals surface area contributed by atoms with E-state index in [-0.39, 0.29) is 11.6 Å². The second kappa shape index (κ2) is 10.2. The number of carbonyl (C=O) groups excluding carboxylic acids is 1. The molecule has 0 spiro atoms. The normalized spacial score (nSPS) is 10.8. The van der Waals surface area contributed by atoms with Crippen molar-refractivity contribution in [1.29, 1.82) is 0 Å². The zero-order valence-corrected chi connectivity index (χ0v) is 16.0. The molecule has 0 aliphatic carbocycles. The minimum absolute atomic E-state index is 0.0180. The van der Waals surface area contributed by atoms with Crippen LogP contribution in [0.4, 0.5) is 5.69 Å². The molecule has 26 heavy (non-hydrogen) atoms. The minimum atomic E-state index is -0.463. The largest absolute Gasteiger partial charge is 0.352 e. The lowest BCUT2D eigenvalue weighted by molar-refractivity contribution is -0.384. The molecule has 8 heteroatoms. The topological polar surface area (TPSA) is 72.2 Å². The van der Waals surface area contributed by atoms with Gasteiger partial charge < -0.3 is 5.32 Å². The van der Waals surface area contributed by atoms with E-state index in [2.05, 4.69) is 5.32 Å². The summed E-state index contributed by atoms with van der Waals surface area (Å²) < 4.78 is 0. The third kappa shape index (κ3) is 6.71. The lowest BCUT2D eigenvalue weighted by Crippen LogP contribution is -2.23. The lowest BCUT2D eigenvalue weighted by atomic mass is 10.2. The molecule has 0 atom stereocenters. The second-order valence-electron chi connectivity index (χ2n) is 5.26. The molecule has 2 rings (SSSR count). The molecule has 0 aliphatic heterocycles. The number of benzene rings is 2. The van der Waals surface area contributed by atoms with Crippen LogP contribution in [0.15, 0.2) is 48.5 Å². The summed E-state index contributed by atoms with van der Waals surface area (Å²) in [6.07, 6.45) is 3.02. The Labute approximate surface area is 165 Å². The van der Waals surface area contributed by atoms with E-state index in [0.717, 1.165) is 22.6 Å². The van der Waals surface area contributed by atoms with Crippen LogP contribution in [0.2, 0.25) is 10.0 Å². The third-order valence-electron chi connectivity index (χ3n) is 3.35. The zero-order valence-electron chi connectivity index (χ0n) is 13.7. The van der Waals surface area contributed by atoms with Crippen LogP contribution in [0.25, 0.3) is 6.08 Å². The molecule has 0 radical (unpaired) electrons. The highest BCUT2D eigenvalue weighted by molar-refractivity contribution is 7.98. The first-order chi connectivity index (χ1) is 12.5. The molecule has 0 fully saturated rings. The predicted octanol–water partition coefficient (Wildman–Crippen LogP) is 4.96. The number of non-ortho nitro benzene ring substituents is 1. The van der Waals surface area contributed by atoms with Crippen LogP contribution in [-0.4, -0.2) is 23.1 Å². The Morgan fingerprint density at radius 2 is 1.92 bits per heavy atom. The predicted molar refractivity (Wildman–Crippen MR) is 108 cm³/mol. The quantitative estimate of drug-likeness (QED) is 0.288. The van der Waals surface area contributed by atoms with Crippen molar-refractivity contribution in [1.82, 2.24) is 5.32 Å². The van der Waals surface area contributed by atoms with E-state index in [0.29, 0.717) is 16.6 Å². The van der Waals surface area contributed by atoms with Crippen LogP contribution in [0, 0.1) is 10.1 Å². The maximum Gasteiger partial charge on any atom is 0.269 e. The molecule has 1 N–H and O–H groups in total. The van der Waals surface area contributed by atoms with Crippen molar-refractivity contribution in [2.45, 2.75) is 5.75 Å². The Balaban J connectivity index is 1.69. The summed E-state index contributed by atoms with van der Waals surface area (Å²) in [6.45, 7) is 0.527. The molecule has 5 nitrogen and oxygen atoms in total. The lowest BCUT2D eigenvalue weighted by Gasteiger charge is -2.05. The molecule has 0 saturated heterocycles. The smallest absolute Gasteiger partial charge is 0.269 e. The molecule has 0 bridgehead atoms. The molecule has 2 aromatic carbocycles. The number of rotatable bonds is 8. The van der Waals surface area contributed by atoms with E-state index in [1.54, 1.807) is 42.1 Å². The monoisotopic (exact) mass is 410 g/mol. The van der Waals surface area contributed by atoms with E-state index in [9.17, 15) is 14.9 Å². The number of carbonyl (C=O) groups is 1. The summed E-state index contributed by atoms with van der Waals surface area (Å²) in [6, 6.07) is 11.4. The Bertz CT molecular complexity index is 811. The van der Waals surface area contributed by atoms with Gasteiger partial charge in [-0.3, -0.25) is 14.9 Å². The summed E-state index contributed by atoms with van der Waals surface area (Å²) in [7, 11) is 0. The van der Waals surface area contributed by atoms with Gasteiger partial charge in [-0.2, -0.15) is 11.8 Å². The SMILES string of the molecule is O=C(C=Cc1ccc([N+](=O)[O-])cc1)NCCSCc1ccc(Cl)cc1Cl. The van der Waals surface area contributed by atoms with Gasteiger partial charge in [-0.15, -0.1) is 0 Å². The van der Waals surface area contributed by atoms with Crippen molar-refractivity contribution in [2.24, 2.45) is 0 Å². The summed E-state index contributed by atoms with van der Waals surface area (Å²) in [5, 5.41) is 14.6.